The number of likely N-dealkylation sites (tertiary alicyclic amines) is 1. The third kappa shape index (κ3) is 6.32. The highest BCUT2D eigenvalue weighted by Crippen LogP contribution is 2.05. The van der Waals surface area contributed by atoms with Crippen molar-refractivity contribution in [1.29, 1.82) is 0 Å². The molecule has 0 radical (unpaired) electrons. The monoisotopic (exact) mass is 319 g/mol. The van der Waals surface area contributed by atoms with Gasteiger partial charge in [-0.25, -0.2) is 0 Å². The summed E-state index contributed by atoms with van der Waals surface area (Å²) in [6.07, 6.45) is 4.40. The maximum atomic E-state index is 12.5. The van der Waals surface area contributed by atoms with Crippen molar-refractivity contribution in [2.24, 2.45) is 5.92 Å². The molecule has 0 aliphatic carbocycles. The summed E-state index contributed by atoms with van der Waals surface area (Å²) < 4.78 is 0. The third-order valence-electron chi connectivity index (χ3n) is 4.64. The summed E-state index contributed by atoms with van der Waals surface area (Å²) in [5.74, 6) is 0.692. The molecular formula is C19H33N3O+2. The van der Waals surface area contributed by atoms with E-state index < -0.39 is 0 Å². The molecule has 0 aromatic heterocycles. The van der Waals surface area contributed by atoms with E-state index in [0.29, 0.717) is 12.3 Å². The Bertz CT molecular complexity index is 469. The van der Waals surface area contributed by atoms with Gasteiger partial charge in [-0.2, -0.15) is 0 Å². The molecule has 5 N–H and O–H groups in total. The van der Waals surface area contributed by atoms with Crippen LogP contribution in [0.4, 0.5) is 0 Å². The van der Waals surface area contributed by atoms with Gasteiger partial charge < -0.3 is 16.0 Å². The fourth-order valence-electron chi connectivity index (χ4n) is 3.50. The van der Waals surface area contributed by atoms with Gasteiger partial charge in [-0.1, -0.05) is 44.2 Å². The van der Waals surface area contributed by atoms with Gasteiger partial charge in [0.1, 0.15) is 0 Å². The van der Waals surface area contributed by atoms with E-state index in [0.717, 1.165) is 13.0 Å². The Hall–Kier alpha value is -1.39. The van der Waals surface area contributed by atoms with Crippen LogP contribution < -0.4 is 16.0 Å². The van der Waals surface area contributed by atoms with Crippen LogP contribution in [0.1, 0.15) is 38.7 Å². The zero-order chi connectivity index (χ0) is 16.7. The molecule has 1 saturated heterocycles. The standard InChI is InChI=1S/C19H31N3O/c1-15(2)12-17(14-22-10-6-7-11-22)21-19(23)18(20)13-16-8-4-3-5-9-16/h3-5,8-9,15,17-18H,6-7,10-14,20H2,1-2H3,(H,21,23)/p+2/t17-,18-/m0/s1. The Balaban J connectivity index is 1.87. The molecule has 1 aromatic rings. The van der Waals surface area contributed by atoms with E-state index in [-0.39, 0.29) is 18.0 Å². The first-order valence-corrected chi connectivity index (χ1v) is 9.05. The van der Waals surface area contributed by atoms with Crippen LogP contribution in [0, 0.1) is 5.92 Å². The van der Waals surface area contributed by atoms with E-state index in [1.165, 1.54) is 31.5 Å². The minimum atomic E-state index is -0.222. The lowest BCUT2D eigenvalue weighted by Crippen LogP contribution is -3.11. The summed E-state index contributed by atoms with van der Waals surface area (Å²) in [6.45, 7) is 8.01. The molecule has 0 saturated carbocycles. The molecule has 1 fully saturated rings. The van der Waals surface area contributed by atoms with Crippen LogP contribution in [0.3, 0.4) is 0 Å². The van der Waals surface area contributed by atoms with E-state index in [2.05, 4.69) is 37.0 Å². The molecule has 0 bridgehead atoms. The molecule has 2 rings (SSSR count). The fraction of sp³-hybridized carbons (Fsp3) is 0.632. The molecule has 4 nitrogen and oxygen atoms in total. The molecule has 23 heavy (non-hydrogen) atoms. The molecule has 1 heterocycles. The van der Waals surface area contributed by atoms with Crippen LogP contribution in [-0.2, 0) is 11.2 Å². The van der Waals surface area contributed by atoms with Crippen LogP contribution in [0.15, 0.2) is 30.3 Å². The minimum absolute atomic E-state index is 0.0955. The van der Waals surface area contributed by atoms with Gasteiger partial charge in [0.15, 0.2) is 6.04 Å². The molecule has 128 valence electrons. The van der Waals surface area contributed by atoms with E-state index in [4.69, 9.17) is 0 Å². The van der Waals surface area contributed by atoms with Crippen LogP contribution >= 0.6 is 0 Å². The van der Waals surface area contributed by atoms with Crippen molar-refractivity contribution in [2.75, 3.05) is 19.6 Å². The molecule has 1 aromatic carbocycles. The van der Waals surface area contributed by atoms with Crippen molar-refractivity contribution in [3.8, 4) is 0 Å². The van der Waals surface area contributed by atoms with Crippen LogP contribution in [0.25, 0.3) is 0 Å². The second-order valence-electron chi connectivity index (χ2n) is 7.38. The molecular weight excluding hydrogens is 286 g/mol. The Kier molecular flexibility index (Phi) is 7.06. The van der Waals surface area contributed by atoms with E-state index >= 15 is 0 Å². The third-order valence-corrected chi connectivity index (χ3v) is 4.64. The zero-order valence-electron chi connectivity index (χ0n) is 14.7. The maximum Gasteiger partial charge on any atom is 0.278 e. The van der Waals surface area contributed by atoms with Gasteiger partial charge in [0.05, 0.1) is 25.7 Å². The highest BCUT2D eigenvalue weighted by molar-refractivity contribution is 5.80. The lowest BCUT2D eigenvalue weighted by Gasteiger charge is -2.24. The van der Waals surface area contributed by atoms with Gasteiger partial charge in [0, 0.05) is 19.3 Å². The quantitative estimate of drug-likeness (QED) is 0.623. The average Bonchev–Trinajstić information content (AvgIpc) is 3.00. The predicted octanol–water partition coefficient (Wildman–Crippen LogP) is 0.0492. The topological polar surface area (TPSA) is 61.2 Å². The minimum Gasteiger partial charge on any atom is -0.347 e. The smallest absolute Gasteiger partial charge is 0.278 e. The second kappa shape index (κ2) is 9.04. The van der Waals surface area contributed by atoms with Crippen molar-refractivity contribution in [1.82, 2.24) is 5.32 Å². The van der Waals surface area contributed by atoms with E-state index in [9.17, 15) is 4.79 Å². The summed E-state index contributed by atoms with van der Waals surface area (Å²) in [6, 6.07) is 10.2. The molecule has 2 atom stereocenters. The fourth-order valence-corrected chi connectivity index (χ4v) is 3.50. The van der Waals surface area contributed by atoms with Crippen molar-refractivity contribution in [2.45, 2.75) is 51.6 Å². The van der Waals surface area contributed by atoms with Crippen molar-refractivity contribution >= 4 is 5.91 Å². The van der Waals surface area contributed by atoms with Crippen LogP contribution in [-0.4, -0.2) is 37.6 Å². The van der Waals surface area contributed by atoms with Crippen molar-refractivity contribution < 1.29 is 15.4 Å². The molecule has 1 aliphatic heterocycles. The number of nitrogens with one attached hydrogen (secondary N) is 2. The van der Waals surface area contributed by atoms with Gasteiger partial charge in [0.25, 0.3) is 5.91 Å². The van der Waals surface area contributed by atoms with Crippen molar-refractivity contribution in [3.63, 3.8) is 0 Å². The number of hydrogen-bond donors (Lipinski definition) is 3. The second-order valence-corrected chi connectivity index (χ2v) is 7.38. The zero-order valence-corrected chi connectivity index (χ0v) is 14.7. The number of rotatable bonds is 8. The first-order valence-electron chi connectivity index (χ1n) is 9.05. The van der Waals surface area contributed by atoms with Crippen molar-refractivity contribution in [3.05, 3.63) is 35.9 Å². The summed E-state index contributed by atoms with van der Waals surface area (Å²) in [4.78, 5) is 14.2. The predicted molar refractivity (Wildman–Crippen MR) is 93.0 cm³/mol. The maximum absolute atomic E-state index is 12.5. The molecule has 1 amide bonds. The summed E-state index contributed by atoms with van der Waals surface area (Å²) in [5.41, 5.74) is 5.25. The normalized spacial score (nSPS) is 18.1. The molecule has 0 unspecified atom stereocenters. The summed E-state index contributed by atoms with van der Waals surface area (Å²) in [7, 11) is 0. The molecule has 1 aliphatic rings. The number of benzene rings is 1. The van der Waals surface area contributed by atoms with Crippen LogP contribution in [0.5, 0.6) is 0 Å². The first-order chi connectivity index (χ1) is 11.0. The largest absolute Gasteiger partial charge is 0.347 e. The Morgan fingerprint density at radius 3 is 2.48 bits per heavy atom. The first kappa shape index (κ1) is 18.0. The highest BCUT2D eigenvalue weighted by Gasteiger charge is 2.26. The number of quaternary nitrogens is 2. The summed E-state index contributed by atoms with van der Waals surface area (Å²) in [5, 5.41) is 3.27. The van der Waals surface area contributed by atoms with Gasteiger partial charge in [-0.05, 0) is 17.9 Å². The summed E-state index contributed by atoms with van der Waals surface area (Å²) >= 11 is 0. The van der Waals surface area contributed by atoms with Gasteiger partial charge in [0.2, 0.25) is 0 Å². The number of carbonyl (C=O) groups is 1. The molecule has 0 spiro atoms. The SMILES string of the molecule is CC(C)C[C@@H](C[NH+]1CCCC1)NC(=O)[C@@H]([NH3+])Cc1ccccc1. The highest BCUT2D eigenvalue weighted by atomic mass is 16.2. The van der Waals surface area contributed by atoms with Gasteiger partial charge >= 0.3 is 0 Å². The average molecular weight is 319 g/mol. The Morgan fingerprint density at radius 1 is 1.22 bits per heavy atom. The number of carbonyl (C=O) groups excluding carboxylic acids is 1. The number of hydrogen-bond acceptors (Lipinski definition) is 1. The van der Waals surface area contributed by atoms with E-state index in [1.807, 2.05) is 18.2 Å². The van der Waals surface area contributed by atoms with E-state index in [1.54, 1.807) is 4.90 Å². The Labute approximate surface area is 140 Å². The lowest BCUT2D eigenvalue weighted by atomic mass is 10.0. The lowest BCUT2D eigenvalue weighted by molar-refractivity contribution is -0.888. The van der Waals surface area contributed by atoms with Gasteiger partial charge in [-0.3, -0.25) is 4.79 Å². The van der Waals surface area contributed by atoms with Crippen LogP contribution in [0.2, 0.25) is 0 Å². The molecule has 4 heteroatoms. The number of amides is 1. The Morgan fingerprint density at radius 2 is 1.87 bits per heavy atom. The van der Waals surface area contributed by atoms with Gasteiger partial charge in [-0.15, -0.1) is 0 Å².